The number of anilines is 1. The molecule has 0 aliphatic heterocycles. The Hall–Kier alpha value is -2.65. The number of benzene rings is 1. The van der Waals surface area contributed by atoms with E-state index in [1.807, 2.05) is 0 Å². The normalized spacial score (nSPS) is 11.6. The number of hydrogen-bond acceptors (Lipinski definition) is 6. The third-order valence-electron chi connectivity index (χ3n) is 3.50. The first kappa shape index (κ1) is 17.2. The molecule has 0 unspecified atom stereocenters. The van der Waals surface area contributed by atoms with Gasteiger partial charge >= 0.3 is 5.63 Å². The van der Waals surface area contributed by atoms with E-state index in [1.54, 1.807) is 0 Å². The molecule has 0 saturated carbocycles. The van der Waals surface area contributed by atoms with Crippen LogP contribution in [0.2, 0.25) is 0 Å². The molecule has 2 aromatic heterocycles. The summed E-state index contributed by atoms with van der Waals surface area (Å²) in [6, 6.07) is 7.25. The smallest absolute Gasteiger partial charge is 0.347 e. The molecule has 9 heteroatoms. The van der Waals surface area contributed by atoms with Crippen LogP contribution in [0.1, 0.15) is 5.56 Å². The number of rotatable bonds is 4. The van der Waals surface area contributed by atoms with Crippen molar-refractivity contribution >= 4 is 42.4 Å². The zero-order valence-electron chi connectivity index (χ0n) is 12.9. The molecule has 3 aromatic rings. The number of halogens is 1. The monoisotopic (exact) mass is 381 g/mol. The summed E-state index contributed by atoms with van der Waals surface area (Å²) in [5.41, 5.74) is -0.672. The van der Waals surface area contributed by atoms with Gasteiger partial charge in [-0.2, -0.15) is 0 Å². The highest BCUT2D eigenvalue weighted by molar-refractivity contribution is 7.93. The van der Waals surface area contributed by atoms with Crippen LogP contribution in [0, 0.1) is 5.82 Å². The lowest BCUT2D eigenvalue weighted by molar-refractivity contribution is 0.499. The minimum Gasteiger partial charge on any atom is -0.508 e. The Morgan fingerprint density at radius 1 is 1.28 bits per heavy atom. The van der Waals surface area contributed by atoms with Gasteiger partial charge < -0.3 is 9.52 Å². The lowest BCUT2D eigenvalue weighted by Crippen LogP contribution is -2.25. The SMILES string of the molecule is C=C(O)c1cc2sc(N(C)S(=O)(=O)c3ccc(F)cc3)cc2oc1=O. The van der Waals surface area contributed by atoms with Crippen molar-refractivity contribution in [2.45, 2.75) is 4.90 Å². The molecule has 1 N–H and O–H groups in total. The van der Waals surface area contributed by atoms with Crippen LogP contribution in [0.15, 0.2) is 57.1 Å². The Morgan fingerprint density at radius 2 is 1.92 bits per heavy atom. The average Bonchev–Trinajstić information content (AvgIpc) is 2.96. The van der Waals surface area contributed by atoms with Gasteiger partial charge in [0.15, 0.2) is 5.58 Å². The van der Waals surface area contributed by atoms with Gasteiger partial charge in [-0.25, -0.2) is 17.6 Å². The van der Waals surface area contributed by atoms with Gasteiger partial charge in [0.05, 0.1) is 9.60 Å². The standard InChI is InChI=1S/C16H12FNO5S2/c1-9(19)12-7-14-13(23-16(12)20)8-15(24-14)18(2)25(21,22)11-5-3-10(17)4-6-11/h3-8,19H,1H2,2H3. The summed E-state index contributed by atoms with van der Waals surface area (Å²) >= 11 is 1.06. The Bertz CT molecular complexity index is 1130. The van der Waals surface area contributed by atoms with Crippen molar-refractivity contribution in [3.63, 3.8) is 0 Å². The molecule has 0 bridgehead atoms. The van der Waals surface area contributed by atoms with E-state index < -0.39 is 27.2 Å². The van der Waals surface area contributed by atoms with Gasteiger partial charge in [0.1, 0.15) is 22.1 Å². The fraction of sp³-hybridized carbons (Fsp3) is 0.0625. The molecular formula is C16H12FNO5S2. The number of fused-ring (bicyclic) bond motifs is 1. The van der Waals surface area contributed by atoms with Crippen molar-refractivity contribution in [3.8, 4) is 0 Å². The van der Waals surface area contributed by atoms with Gasteiger partial charge in [-0.15, -0.1) is 11.3 Å². The third kappa shape index (κ3) is 3.03. The second-order valence-electron chi connectivity index (χ2n) is 5.13. The van der Waals surface area contributed by atoms with E-state index in [0.29, 0.717) is 9.70 Å². The predicted octanol–water partition coefficient (Wildman–Crippen LogP) is 3.35. The van der Waals surface area contributed by atoms with Crippen molar-refractivity contribution in [1.29, 1.82) is 0 Å². The van der Waals surface area contributed by atoms with E-state index >= 15 is 0 Å². The van der Waals surface area contributed by atoms with Gasteiger partial charge in [-0.1, -0.05) is 6.58 Å². The fourth-order valence-corrected chi connectivity index (χ4v) is 4.53. The highest BCUT2D eigenvalue weighted by atomic mass is 32.2. The van der Waals surface area contributed by atoms with E-state index in [2.05, 4.69) is 6.58 Å². The average molecular weight is 381 g/mol. The molecule has 25 heavy (non-hydrogen) atoms. The van der Waals surface area contributed by atoms with Gasteiger partial charge in [-0.05, 0) is 30.3 Å². The van der Waals surface area contributed by atoms with Gasteiger partial charge in [0, 0.05) is 13.1 Å². The lowest BCUT2D eigenvalue weighted by Gasteiger charge is -2.17. The second-order valence-corrected chi connectivity index (χ2v) is 8.17. The van der Waals surface area contributed by atoms with Crippen molar-refractivity contribution in [3.05, 3.63) is 64.8 Å². The van der Waals surface area contributed by atoms with Crippen LogP contribution in [-0.4, -0.2) is 20.6 Å². The Balaban J connectivity index is 2.07. The maximum absolute atomic E-state index is 13.0. The van der Waals surface area contributed by atoms with Gasteiger partial charge in [0.2, 0.25) is 0 Å². The molecule has 0 radical (unpaired) electrons. The number of hydrogen-bond donors (Lipinski definition) is 1. The summed E-state index contributed by atoms with van der Waals surface area (Å²) in [7, 11) is -2.56. The zero-order chi connectivity index (χ0) is 18.4. The number of sulfonamides is 1. The predicted molar refractivity (Wildman–Crippen MR) is 94.0 cm³/mol. The molecule has 130 valence electrons. The maximum atomic E-state index is 13.0. The number of aliphatic hydroxyl groups excluding tert-OH is 1. The summed E-state index contributed by atoms with van der Waals surface area (Å²) in [6.45, 7) is 3.28. The molecule has 3 rings (SSSR count). The van der Waals surface area contributed by atoms with Crippen LogP contribution >= 0.6 is 11.3 Å². The highest BCUT2D eigenvalue weighted by Crippen LogP contribution is 2.34. The summed E-state index contributed by atoms with van der Waals surface area (Å²) in [6.07, 6.45) is 0. The molecular weight excluding hydrogens is 369 g/mol. The molecule has 2 heterocycles. The lowest BCUT2D eigenvalue weighted by atomic mass is 10.2. The molecule has 0 fully saturated rings. The quantitative estimate of drug-likeness (QED) is 0.700. The zero-order valence-corrected chi connectivity index (χ0v) is 14.5. The van der Waals surface area contributed by atoms with Crippen LogP contribution in [-0.2, 0) is 10.0 Å². The molecule has 6 nitrogen and oxygen atoms in total. The highest BCUT2D eigenvalue weighted by Gasteiger charge is 2.24. The Labute approximate surface area is 146 Å². The summed E-state index contributed by atoms with van der Waals surface area (Å²) in [5.74, 6) is -0.972. The topological polar surface area (TPSA) is 87.8 Å². The van der Waals surface area contributed by atoms with Crippen LogP contribution in [0.5, 0.6) is 0 Å². The first-order chi connectivity index (χ1) is 11.7. The van der Waals surface area contributed by atoms with E-state index in [0.717, 1.165) is 27.8 Å². The molecule has 0 amide bonds. The fourth-order valence-electron chi connectivity index (χ4n) is 2.14. The van der Waals surface area contributed by atoms with Gasteiger partial charge in [-0.3, -0.25) is 4.31 Å². The van der Waals surface area contributed by atoms with E-state index in [9.17, 15) is 22.7 Å². The van der Waals surface area contributed by atoms with Crippen LogP contribution in [0.25, 0.3) is 16.0 Å². The molecule has 0 spiro atoms. The second kappa shape index (κ2) is 6.01. The van der Waals surface area contributed by atoms with Crippen molar-refractivity contribution in [1.82, 2.24) is 0 Å². The minimum atomic E-state index is -3.90. The summed E-state index contributed by atoms with van der Waals surface area (Å²) < 4.78 is 44.8. The molecule has 1 aromatic carbocycles. The Kier molecular flexibility index (Phi) is 4.13. The maximum Gasteiger partial charge on any atom is 0.347 e. The summed E-state index contributed by atoms with van der Waals surface area (Å²) in [5, 5.41) is 9.69. The molecule has 0 aliphatic rings. The molecule has 0 saturated heterocycles. The van der Waals surface area contributed by atoms with Crippen LogP contribution in [0.4, 0.5) is 9.39 Å². The van der Waals surface area contributed by atoms with Crippen molar-refractivity contribution < 1.29 is 22.3 Å². The molecule has 0 aliphatic carbocycles. The number of aliphatic hydroxyl groups is 1. The first-order valence-corrected chi connectivity index (χ1v) is 9.16. The summed E-state index contributed by atoms with van der Waals surface area (Å²) in [4.78, 5) is 11.7. The largest absolute Gasteiger partial charge is 0.508 e. The van der Waals surface area contributed by atoms with Crippen molar-refractivity contribution in [2.24, 2.45) is 0 Å². The van der Waals surface area contributed by atoms with Gasteiger partial charge in [0.25, 0.3) is 10.0 Å². The number of thiophene rings is 1. The molecule has 0 atom stereocenters. The number of nitrogens with zero attached hydrogens (tertiary/aromatic N) is 1. The van der Waals surface area contributed by atoms with Crippen LogP contribution in [0.3, 0.4) is 0 Å². The van der Waals surface area contributed by atoms with E-state index in [-0.39, 0.29) is 16.0 Å². The Morgan fingerprint density at radius 3 is 2.52 bits per heavy atom. The minimum absolute atomic E-state index is 0.0697. The van der Waals surface area contributed by atoms with E-state index in [1.165, 1.54) is 31.3 Å². The first-order valence-electron chi connectivity index (χ1n) is 6.90. The third-order valence-corrected chi connectivity index (χ3v) is 6.54. The van der Waals surface area contributed by atoms with E-state index in [4.69, 9.17) is 4.42 Å². The van der Waals surface area contributed by atoms with Crippen LogP contribution < -0.4 is 9.93 Å². The van der Waals surface area contributed by atoms with Crippen molar-refractivity contribution in [2.75, 3.05) is 11.4 Å².